The molecule has 0 aliphatic carbocycles. The van der Waals surface area contributed by atoms with Gasteiger partial charge in [0.25, 0.3) is 5.56 Å². The Morgan fingerprint density at radius 1 is 1.53 bits per heavy atom. The molecule has 17 heavy (non-hydrogen) atoms. The average Bonchev–Trinajstić information content (AvgIpc) is 2.83. The fraction of sp³-hybridized carbons (Fsp3) is 0.364. The van der Waals surface area contributed by atoms with Crippen molar-refractivity contribution in [2.45, 2.75) is 12.5 Å². The molecule has 6 nitrogen and oxygen atoms in total. The van der Waals surface area contributed by atoms with Crippen LogP contribution in [0.4, 0.5) is 0 Å². The van der Waals surface area contributed by atoms with Gasteiger partial charge in [0, 0.05) is 18.0 Å². The molecule has 88 valence electrons. The third-order valence-corrected chi connectivity index (χ3v) is 2.66. The quantitative estimate of drug-likeness (QED) is 0.816. The molecule has 0 unspecified atom stereocenters. The minimum atomic E-state index is -0.275. The predicted octanol–water partition coefficient (Wildman–Crippen LogP) is 0.486. The van der Waals surface area contributed by atoms with Crippen molar-refractivity contribution in [1.82, 2.24) is 15.0 Å². The number of pyridine rings is 1. The number of H-pyrrole nitrogens is 1. The predicted molar refractivity (Wildman–Crippen MR) is 60.0 cm³/mol. The molecule has 1 aliphatic rings. The lowest BCUT2D eigenvalue weighted by Crippen LogP contribution is -2.21. The highest BCUT2D eigenvalue weighted by atomic mass is 16.5. The Balaban J connectivity index is 1.98. The first-order valence-electron chi connectivity index (χ1n) is 5.40. The summed E-state index contributed by atoms with van der Waals surface area (Å²) in [6.07, 6.45) is 3.79. The van der Waals surface area contributed by atoms with E-state index in [1.807, 2.05) is 0 Å². The summed E-state index contributed by atoms with van der Waals surface area (Å²) in [6, 6.07) is 1.66. The third kappa shape index (κ3) is 1.99. The Labute approximate surface area is 96.6 Å². The molecule has 0 amide bonds. The molecule has 3 rings (SSSR count). The highest BCUT2D eigenvalue weighted by molar-refractivity contribution is 5.74. The van der Waals surface area contributed by atoms with Crippen LogP contribution in [0.5, 0.6) is 5.75 Å². The standard InChI is InChI=1S/C11H11N3O3/c15-11-9(17-8-1-2-16-5-8)3-7-4-12-6-13-10(7)14-11/h3-4,6,8H,1-2,5H2,(H,12,13,14,15)/t8-/m0/s1. The number of rotatable bonds is 2. The van der Waals surface area contributed by atoms with Gasteiger partial charge in [-0.3, -0.25) is 4.79 Å². The second-order valence-corrected chi connectivity index (χ2v) is 3.89. The lowest BCUT2D eigenvalue weighted by molar-refractivity contribution is 0.140. The van der Waals surface area contributed by atoms with Crippen molar-refractivity contribution in [1.29, 1.82) is 0 Å². The van der Waals surface area contributed by atoms with Crippen LogP contribution >= 0.6 is 0 Å². The average molecular weight is 233 g/mol. The molecule has 3 heterocycles. The number of nitrogens with one attached hydrogen (secondary N) is 1. The number of ether oxygens (including phenoxy) is 2. The molecule has 1 aliphatic heterocycles. The Kier molecular flexibility index (Phi) is 2.49. The minimum Gasteiger partial charge on any atom is -0.482 e. The van der Waals surface area contributed by atoms with E-state index in [1.165, 1.54) is 6.33 Å². The summed E-state index contributed by atoms with van der Waals surface area (Å²) in [5.41, 5.74) is 0.239. The van der Waals surface area contributed by atoms with Gasteiger partial charge in [-0.05, 0) is 6.07 Å². The van der Waals surface area contributed by atoms with Crippen molar-refractivity contribution in [3.05, 3.63) is 28.9 Å². The number of hydrogen-bond acceptors (Lipinski definition) is 5. The van der Waals surface area contributed by atoms with Gasteiger partial charge in [-0.15, -0.1) is 0 Å². The molecule has 6 heteroatoms. The van der Waals surface area contributed by atoms with Crippen molar-refractivity contribution in [2.24, 2.45) is 0 Å². The fourth-order valence-electron chi connectivity index (χ4n) is 1.80. The van der Waals surface area contributed by atoms with Crippen LogP contribution < -0.4 is 10.3 Å². The van der Waals surface area contributed by atoms with Crippen molar-refractivity contribution < 1.29 is 9.47 Å². The summed E-state index contributed by atoms with van der Waals surface area (Å²) >= 11 is 0. The van der Waals surface area contributed by atoms with Gasteiger partial charge in [0.2, 0.25) is 0 Å². The summed E-state index contributed by atoms with van der Waals surface area (Å²) < 4.78 is 10.8. The molecule has 2 aromatic rings. The maximum Gasteiger partial charge on any atom is 0.291 e. The zero-order valence-corrected chi connectivity index (χ0v) is 9.05. The maximum absolute atomic E-state index is 11.7. The SMILES string of the molecule is O=c1[nH]c2ncncc2cc1O[C@H]1CCOC1. The van der Waals surface area contributed by atoms with E-state index in [1.54, 1.807) is 12.3 Å². The van der Waals surface area contributed by atoms with Gasteiger partial charge in [-0.25, -0.2) is 9.97 Å². The lowest BCUT2D eigenvalue weighted by atomic mass is 10.3. The number of aromatic nitrogens is 3. The van der Waals surface area contributed by atoms with Crippen molar-refractivity contribution in [3.8, 4) is 5.75 Å². The van der Waals surface area contributed by atoms with Crippen molar-refractivity contribution >= 4 is 11.0 Å². The second kappa shape index (κ2) is 4.14. The Morgan fingerprint density at radius 2 is 2.47 bits per heavy atom. The van der Waals surface area contributed by atoms with Crippen molar-refractivity contribution in [2.75, 3.05) is 13.2 Å². The van der Waals surface area contributed by atoms with E-state index >= 15 is 0 Å². The van der Waals surface area contributed by atoms with Gasteiger partial charge < -0.3 is 14.5 Å². The summed E-state index contributed by atoms with van der Waals surface area (Å²) in [7, 11) is 0. The molecule has 2 aromatic heterocycles. The van der Waals surface area contributed by atoms with Crippen LogP contribution in [0.1, 0.15) is 6.42 Å². The first kappa shape index (κ1) is 10.2. The number of hydrogen-bond donors (Lipinski definition) is 1. The third-order valence-electron chi connectivity index (χ3n) is 2.66. The molecule has 1 fully saturated rings. The summed E-state index contributed by atoms with van der Waals surface area (Å²) in [5.74, 6) is 0.294. The van der Waals surface area contributed by atoms with Gasteiger partial charge in [-0.1, -0.05) is 0 Å². The van der Waals surface area contributed by atoms with Gasteiger partial charge in [0.15, 0.2) is 5.75 Å². The van der Waals surface area contributed by atoms with Gasteiger partial charge in [0.1, 0.15) is 18.1 Å². The van der Waals surface area contributed by atoms with Gasteiger partial charge >= 0.3 is 0 Å². The Bertz CT molecular complexity index is 590. The van der Waals surface area contributed by atoms with E-state index in [-0.39, 0.29) is 11.7 Å². The minimum absolute atomic E-state index is 0.0434. The molecule has 0 spiro atoms. The first-order valence-corrected chi connectivity index (χ1v) is 5.40. The molecule has 0 radical (unpaired) electrons. The zero-order chi connectivity index (χ0) is 11.7. The molecule has 0 bridgehead atoms. The van der Waals surface area contributed by atoms with Crippen LogP contribution in [0.15, 0.2) is 23.4 Å². The van der Waals surface area contributed by atoms with Crippen LogP contribution in [0.3, 0.4) is 0 Å². The molecule has 0 aromatic carbocycles. The number of aromatic amines is 1. The van der Waals surface area contributed by atoms with E-state index in [4.69, 9.17) is 9.47 Å². The zero-order valence-electron chi connectivity index (χ0n) is 9.05. The van der Waals surface area contributed by atoms with Crippen LogP contribution in [0.2, 0.25) is 0 Å². The molecule has 1 saturated heterocycles. The lowest BCUT2D eigenvalue weighted by Gasteiger charge is -2.10. The smallest absolute Gasteiger partial charge is 0.291 e. The fourth-order valence-corrected chi connectivity index (χ4v) is 1.80. The monoisotopic (exact) mass is 233 g/mol. The largest absolute Gasteiger partial charge is 0.482 e. The molecular formula is C11H11N3O3. The topological polar surface area (TPSA) is 77.1 Å². The van der Waals surface area contributed by atoms with Gasteiger partial charge in [-0.2, -0.15) is 0 Å². The normalized spacial score (nSPS) is 19.6. The summed E-state index contributed by atoms with van der Waals surface area (Å²) in [6.45, 7) is 1.21. The highest BCUT2D eigenvalue weighted by Crippen LogP contribution is 2.15. The highest BCUT2D eigenvalue weighted by Gasteiger charge is 2.18. The maximum atomic E-state index is 11.7. The molecule has 1 atom stereocenters. The van der Waals surface area contributed by atoms with Crippen LogP contribution in [-0.4, -0.2) is 34.3 Å². The number of fused-ring (bicyclic) bond motifs is 1. The van der Waals surface area contributed by atoms with E-state index in [0.717, 1.165) is 11.8 Å². The van der Waals surface area contributed by atoms with E-state index < -0.39 is 0 Å². The first-order chi connectivity index (χ1) is 8.33. The molecule has 1 N–H and O–H groups in total. The van der Waals surface area contributed by atoms with Crippen molar-refractivity contribution in [3.63, 3.8) is 0 Å². The van der Waals surface area contributed by atoms with Crippen LogP contribution in [-0.2, 0) is 4.74 Å². The summed E-state index contributed by atoms with van der Waals surface area (Å²) in [4.78, 5) is 22.3. The Hall–Kier alpha value is -1.95. The van der Waals surface area contributed by atoms with E-state index in [0.29, 0.717) is 24.6 Å². The van der Waals surface area contributed by atoms with Crippen LogP contribution in [0, 0.1) is 0 Å². The number of nitrogens with zero attached hydrogens (tertiary/aromatic N) is 2. The Morgan fingerprint density at radius 3 is 3.29 bits per heavy atom. The van der Waals surface area contributed by atoms with E-state index in [9.17, 15) is 4.79 Å². The van der Waals surface area contributed by atoms with Crippen LogP contribution in [0.25, 0.3) is 11.0 Å². The van der Waals surface area contributed by atoms with E-state index in [2.05, 4.69) is 15.0 Å². The molecular weight excluding hydrogens is 222 g/mol. The molecule has 0 saturated carbocycles. The summed E-state index contributed by atoms with van der Waals surface area (Å²) in [5, 5.41) is 0.751. The second-order valence-electron chi connectivity index (χ2n) is 3.89. The van der Waals surface area contributed by atoms with Gasteiger partial charge in [0.05, 0.1) is 13.2 Å².